The molecular weight excluding hydrogens is 234 g/mol. The minimum Gasteiger partial charge on any atom is -0.493 e. The molecule has 0 atom stereocenters. The van der Waals surface area contributed by atoms with Gasteiger partial charge >= 0.3 is 0 Å². The van der Waals surface area contributed by atoms with E-state index in [9.17, 15) is 0 Å². The fourth-order valence-electron chi connectivity index (χ4n) is 2.76. The average molecular weight is 261 g/mol. The Morgan fingerprint density at radius 1 is 1.26 bits per heavy atom. The highest BCUT2D eigenvalue weighted by atomic mass is 16.5. The Morgan fingerprint density at radius 2 is 2.11 bits per heavy atom. The number of benzene rings is 1. The number of fused-ring (bicyclic) bond motifs is 1. The van der Waals surface area contributed by atoms with Gasteiger partial charge in [-0.05, 0) is 49.8 Å². The highest BCUT2D eigenvalue weighted by Gasteiger charge is 2.26. The van der Waals surface area contributed by atoms with E-state index in [4.69, 9.17) is 4.74 Å². The quantitative estimate of drug-likeness (QED) is 0.789. The molecule has 1 N–H and O–H groups in total. The SMILES string of the molecule is CCCNCCC(C)(C)c1cccc2c1OCCC2. The summed E-state index contributed by atoms with van der Waals surface area (Å²) in [5.41, 5.74) is 2.94. The Labute approximate surface area is 117 Å². The van der Waals surface area contributed by atoms with Crippen molar-refractivity contribution in [2.45, 2.75) is 51.9 Å². The first-order chi connectivity index (χ1) is 9.15. The molecule has 1 aromatic carbocycles. The van der Waals surface area contributed by atoms with Gasteiger partial charge in [0.25, 0.3) is 0 Å². The molecular formula is C17H27NO. The zero-order valence-corrected chi connectivity index (χ0v) is 12.6. The Kier molecular flexibility index (Phi) is 4.87. The van der Waals surface area contributed by atoms with Gasteiger partial charge in [0.15, 0.2) is 0 Å². The summed E-state index contributed by atoms with van der Waals surface area (Å²) in [4.78, 5) is 0. The summed E-state index contributed by atoms with van der Waals surface area (Å²) in [5, 5.41) is 3.50. The molecule has 1 heterocycles. The lowest BCUT2D eigenvalue weighted by atomic mass is 9.79. The summed E-state index contributed by atoms with van der Waals surface area (Å²) in [6, 6.07) is 6.64. The second-order valence-electron chi connectivity index (χ2n) is 6.13. The van der Waals surface area contributed by atoms with Crippen molar-refractivity contribution in [1.29, 1.82) is 0 Å². The molecule has 0 spiro atoms. The highest BCUT2D eigenvalue weighted by Crippen LogP contribution is 2.38. The maximum Gasteiger partial charge on any atom is 0.126 e. The third kappa shape index (κ3) is 3.50. The summed E-state index contributed by atoms with van der Waals surface area (Å²) in [7, 11) is 0. The highest BCUT2D eigenvalue weighted by molar-refractivity contribution is 5.46. The number of nitrogens with one attached hydrogen (secondary N) is 1. The van der Waals surface area contributed by atoms with E-state index < -0.39 is 0 Å². The van der Waals surface area contributed by atoms with Crippen LogP contribution in [0.5, 0.6) is 5.75 Å². The first-order valence-corrected chi connectivity index (χ1v) is 7.61. The molecule has 0 aliphatic carbocycles. The predicted octanol–water partition coefficient (Wildman–Crippen LogP) is 3.68. The van der Waals surface area contributed by atoms with Gasteiger partial charge in [-0.15, -0.1) is 0 Å². The second-order valence-corrected chi connectivity index (χ2v) is 6.13. The third-order valence-electron chi connectivity index (χ3n) is 4.02. The van der Waals surface area contributed by atoms with Crippen molar-refractivity contribution < 1.29 is 4.74 Å². The van der Waals surface area contributed by atoms with Crippen LogP contribution in [0, 0.1) is 0 Å². The largest absolute Gasteiger partial charge is 0.493 e. The van der Waals surface area contributed by atoms with E-state index in [0.29, 0.717) is 0 Å². The number of ether oxygens (including phenoxy) is 1. The van der Waals surface area contributed by atoms with E-state index in [0.717, 1.165) is 44.7 Å². The van der Waals surface area contributed by atoms with Gasteiger partial charge in [-0.1, -0.05) is 39.0 Å². The van der Waals surface area contributed by atoms with Gasteiger partial charge in [-0.3, -0.25) is 0 Å². The molecule has 0 saturated carbocycles. The summed E-state index contributed by atoms with van der Waals surface area (Å²) < 4.78 is 5.95. The Morgan fingerprint density at radius 3 is 2.89 bits per heavy atom. The predicted molar refractivity (Wildman–Crippen MR) is 81.1 cm³/mol. The van der Waals surface area contributed by atoms with E-state index >= 15 is 0 Å². The van der Waals surface area contributed by atoms with E-state index in [-0.39, 0.29) is 5.41 Å². The normalized spacial score (nSPS) is 14.9. The van der Waals surface area contributed by atoms with Gasteiger partial charge in [-0.25, -0.2) is 0 Å². The van der Waals surface area contributed by atoms with Crippen LogP contribution < -0.4 is 10.1 Å². The van der Waals surface area contributed by atoms with Crippen molar-refractivity contribution in [2.75, 3.05) is 19.7 Å². The van der Waals surface area contributed by atoms with Crippen LogP contribution in [-0.4, -0.2) is 19.7 Å². The van der Waals surface area contributed by atoms with E-state index in [1.165, 1.54) is 17.5 Å². The lowest BCUT2D eigenvalue weighted by Gasteiger charge is -2.30. The van der Waals surface area contributed by atoms with Gasteiger partial charge in [0.05, 0.1) is 6.61 Å². The lowest BCUT2D eigenvalue weighted by Crippen LogP contribution is -2.27. The average Bonchev–Trinajstić information content (AvgIpc) is 2.43. The smallest absolute Gasteiger partial charge is 0.126 e. The number of hydrogen-bond acceptors (Lipinski definition) is 2. The fourth-order valence-corrected chi connectivity index (χ4v) is 2.76. The Hall–Kier alpha value is -1.02. The van der Waals surface area contributed by atoms with Crippen molar-refractivity contribution >= 4 is 0 Å². The molecule has 2 rings (SSSR count). The van der Waals surface area contributed by atoms with Crippen molar-refractivity contribution in [3.63, 3.8) is 0 Å². The fraction of sp³-hybridized carbons (Fsp3) is 0.647. The number of hydrogen-bond donors (Lipinski definition) is 1. The van der Waals surface area contributed by atoms with Crippen LogP contribution >= 0.6 is 0 Å². The molecule has 0 amide bonds. The maximum absolute atomic E-state index is 5.95. The zero-order chi connectivity index (χ0) is 13.7. The van der Waals surface area contributed by atoms with E-state index in [1.54, 1.807) is 0 Å². The maximum atomic E-state index is 5.95. The van der Waals surface area contributed by atoms with E-state index in [2.05, 4.69) is 44.3 Å². The van der Waals surface area contributed by atoms with Crippen LogP contribution in [0.1, 0.15) is 51.2 Å². The van der Waals surface area contributed by atoms with Gasteiger partial charge < -0.3 is 10.1 Å². The minimum atomic E-state index is 0.170. The molecule has 2 heteroatoms. The van der Waals surface area contributed by atoms with E-state index in [1.807, 2.05) is 0 Å². The minimum absolute atomic E-state index is 0.170. The first-order valence-electron chi connectivity index (χ1n) is 7.61. The van der Waals surface area contributed by atoms with Crippen LogP contribution in [0.15, 0.2) is 18.2 Å². The summed E-state index contributed by atoms with van der Waals surface area (Å²) >= 11 is 0. The molecule has 19 heavy (non-hydrogen) atoms. The molecule has 1 aliphatic heterocycles. The molecule has 2 nitrogen and oxygen atoms in total. The molecule has 1 aliphatic rings. The molecule has 0 bridgehead atoms. The first kappa shape index (κ1) is 14.4. The van der Waals surface area contributed by atoms with Gasteiger partial charge in [-0.2, -0.15) is 0 Å². The Bertz CT molecular complexity index is 412. The molecule has 1 aromatic rings. The van der Waals surface area contributed by atoms with Crippen LogP contribution in [0.2, 0.25) is 0 Å². The summed E-state index contributed by atoms with van der Waals surface area (Å²) in [5.74, 6) is 1.16. The van der Waals surface area contributed by atoms with Crippen molar-refractivity contribution in [3.05, 3.63) is 29.3 Å². The number of para-hydroxylation sites is 1. The topological polar surface area (TPSA) is 21.3 Å². The Balaban J connectivity index is 2.11. The summed E-state index contributed by atoms with van der Waals surface area (Å²) in [6.07, 6.45) is 4.65. The van der Waals surface area contributed by atoms with Gasteiger partial charge in [0, 0.05) is 5.56 Å². The van der Waals surface area contributed by atoms with Crippen LogP contribution in [0.4, 0.5) is 0 Å². The standard InChI is InChI=1S/C17H27NO/c1-4-11-18-12-10-17(2,3)15-9-5-7-14-8-6-13-19-16(14)15/h5,7,9,18H,4,6,8,10-13H2,1-3H3. The zero-order valence-electron chi connectivity index (χ0n) is 12.6. The van der Waals surface area contributed by atoms with Gasteiger partial charge in [0.2, 0.25) is 0 Å². The molecule has 0 fully saturated rings. The molecule has 106 valence electrons. The number of rotatable bonds is 6. The van der Waals surface area contributed by atoms with Crippen molar-refractivity contribution in [3.8, 4) is 5.75 Å². The molecule has 0 saturated heterocycles. The molecule has 0 unspecified atom stereocenters. The second kappa shape index (κ2) is 6.42. The van der Waals surface area contributed by atoms with Crippen LogP contribution in [-0.2, 0) is 11.8 Å². The van der Waals surface area contributed by atoms with Crippen LogP contribution in [0.25, 0.3) is 0 Å². The van der Waals surface area contributed by atoms with Crippen LogP contribution in [0.3, 0.4) is 0 Å². The molecule has 0 aromatic heterocycles. The lowest BCUT2D eigenvalue weighted by molar-refractivity contribution is 0.277. The van der Waals surface area contributed by atoms with Crippen molar-refractivity contribution in [2.24, 2.45) is 0 Å². The monoisotopic (exact) mass is 261 g/mol. The van der Waals surface area contributed by atoms with Gasteiger partial charge in [0.1, 0.15) is 5.75 Å². The summed E-state index contributed by atoms with van der Waals surface area (Å²) in [6.45, 7) is 9.92. The van der Waals surface area contributed by atoms with Crippen molar-refractivity contribution in [1.82, 2.24) is 5.32 Å². The number of aryl methyl sites for hydroxylation is 1. The molecule has 0 radical (unpaired) electrons. The third-order valence-corrected chi connectivity index (χ3v) is 4.02.